The molecule has 1 aromatic carbocycles. The summed E-state index contributed by atoms with van der Waals surface area (Å²) in [5.41, 5.74) is -0.250. The van der Waals surface area contributed by atoms with Crippen molar-refractivity contribution >= 4 is 11.9 Å². The van der Waals surface area contributed by atoms with Crippen molar-refractivity contribution in [3.05, 3.63) is 35.9 Å². The SMILES string of the molecule is CCOC(=O)C1(C(=O)NCc2ccccc2)CCC(C)N1. The highest BCUT2D eigenvalue weighted by Gasteiger charge is 2.51. The summed E-state index contributed by atoms with van der Waals surface area (Å²) in [6.45, 7) is 4.37. The van der Waals surface area contributed by atoms with E-state index in [0.29, 0.717) is 13.0 Å². The maximum Gasteiger partial charge on any atom is 0.336 e. The van der Waals surface area contributed by atoms with Gasteiger partial charge in [0.1, 0.15) is 0 Å². The van der Waals surface area contributed by atoms with E-state index in [0.717, 1.165) is 12.0 Å². The van der Waals surface area contributed by atoms with Gasteiger partial charge in [-0.2, -0.15) is 0 Å². The van der Waals surface area contributed by atoms with Gasteiger partial charge in [0.2, 0.25) is 0 Å². The van der Waals surface area contributed by atoms with Crippen LogP contribution < -0.4 is 10.6 Å². The van der Waals surface area contributed by atoms with E-state index in [1.54, 1.807) is 6.92 Å². The first-order valence-corrected chi connectivity index (χ1v) is 7.35. The number of amides is 1. The molecular formula is C16H22N2O3. The molecule has 0 saturated carbocycles. The van der Waals surface area contributed by atoms with E-state index < -0.39 is 11.5 Å². The average Bonchev–Trinajstić information content (AvgIpc) is 2.89. The minimum atomic E-state index is -1.25. The molecule has 1 aliphatic heterocycles. The summed E-state index contributed by atoms with van der Waals surface area (Å²) in [6.07, 6.45) is 1.24. The Morgan fingerprint density at radius 3 is 2.67 bits per heavy atom. The Bertz CT molecular complexity index is 504. The zero-order valence-electron chi connectivity index (χ0n) is 12.5. The highest BCUT2D eigenvalue weighted by atomic mass is 16.5. The number of hydrogen-bond acceptors (Lipinski definition) is 4. The van der Waals surface area contributed by atoms with Crippen LogP contribution in [-0.4, -0.2) is 30.1 Å². The van der Waals surface area contributed by atoms with Crippen LogP contribution in [0.25, 0.3) is 0 Å². The molecule has 2 rings (SSSR count). The Balaban J connectivity index is 2.06. The van der Waals surface area contributed by atoms with Gasteiger partial charge in [0.25, 0.3) is 5.91 Å². The maximum atomic E-state index is 12.5. The number of carbonyl (C=O) groups excluding carboxylic acids is 2. The predicted molar refractivity (Wildman–Crippen MR) is 79.5 cm³/mol. The normalized spacial score (nSPS) is 24.6. The second-order valence-corrected chi connectivity index (χ2v) is 5.38. The number of benzene rings is 1. The molecule has 0 bridgehead atoms. The van der Waals surface area contributed by atoms with Crippen LogP contribution in [0.2, 0.25) is 0 Å². The second kappa shape index (κ2) is 6.72. The smallest absolute Gasteiger partial charge is 0.336 e. The van der Waals surface area contributed by atoms with Crippen molar-refractivity contribution in [3.8, 4) is 0 Å². The van der Waals surface area contributed by atoms with E-state index in [2.05, 4.69) is 10.6 Å². The van der Waals surface area contributed by atoms with E-state index in [1.165, 1.54) is 0 Å². The summed E-state index contributed by atoms with van der Waals surface area (Å²) in [5, 5.41) is 5.94. The molecule has 2 N–H and O–H groups in total. The maximum absolute atomic E-state index is 12.5. The first kappa shape index (κ1) is 15.5. The second-order valence-electron chi connectivity index (χ2n) is 5.38. The van der Waals surface area contributed by atoms with Crippen LogP contribution in [-0.2, 0) is 20.9 Å². The third-order valence-electron chi connectivity index (χ3n) is 3.75. The highest BCUT2D eigenvalue weighted by Crippen LogP contribution is 2.25. The lowest BCUT2D eigenvalue weighted by atomic mass is 9.96. The third-order valence-corrected chi connectivity index (χ3v) is 3.75. The van der Waals surface area contributed by atoms with Crippen LogP contribution >= 0.6 is 0 Å². The number of carbonyl (C=O) groups is 2. The first-order chi connectivity index (χ1) is 10.1. The minimum absolute atomic E-state index is 0.122. The molecule has 0 aliphatic carbocycles. The Kier molecular flexibility index (Phi) is 4.96. The van der Waals surface area contributed by atoms with Crippen molar-refractivity contribution in [1.82, 2.24) is 10.6 Å². The van der Waals surface area contributed by atoms with Crippen LogP contribution in [0.4, 0.5) is 0 Å². The van der Waals surface area contributed by atoms with Gasteiger partial charge in [0.15, 0.2) is 5.54 Å². The lowest BCUT2D eigenvalue weighted by Crippen LogP contribution is -2.60. The van der Waals surface area contributed by atoms with Gasteiger partial charge in [0, 0.05) is 12.6 Å². The van der Waals surface area contributed by atoms with E-state index in [-0.39, 0.29) is 18.6 Å². The Morgan fingerprint density at radius 2 is 2.10 bits per heavy atom. The van der Waals surface area contributed by atoms with Gasteiger partial charge in [-0.1, -0.05) is 30.3 Å². The van der Waals surface area contributed by atoms with Crippen molar-refractivity contribution in [3.63, 3.8) is 0 Å². The molecule has 1 fully saturated rings. The molecule has 1 saturated heterocycles. The highest BCUT2D eigenvalue weighted by molar-refractivity contribution is 6.07. The van der Waals surface area contributed by atoms with E-state index in [1.807, 2.05) is 37.3 Å². The monoisotopic (exact) mass is 290 g/mol. The summed E-state index contributed by atoms with van der Waals surface area (Å²) in [7, 11) is 0. The number of hydrogen-bond donors (Lipinski definition) is 2. The van der Waals surface area contributed by atoms with Crippen LogP contribution in [0.1, 0.15) is 32.3 Å². The molecule has 1 heterocycles. The van der Waals surface area contributed by atoms with Crippen molar-refractivity contribution in [1.29, 1.82) is 0 Å². The summed E-state index contributed by atoms with van der Waals surface area (Å²) < 4.78 is 5.09. The van der Waals surface area contributed by atoms with Gasteiger partial charge >= 0.3 is 5.97 Å². The lowest BCUT2D eigenvalue weighted by molar-refractivity contribution is -0.155. The molecule has 1 amide bonds. The van der Waals surface area contributed by atoms with Gasteiger partial charge in [-0.3, -0.25) is 10.1 Å². The molecular weight excluding hydrogens is 268 g/mol. The van der Waals surface area contributed by atoms with Gasteiger partial charge in [-0.05, 0) is 32.3 Å². The van der Waals surface area contributed by atoms with Crippen molar-refractivity contribution in [2.75, 3.05) is 6.61 Å². The van der Waals surface area contributed by atoms with Gasteiger partial charge in [0.05, 0.1) is 6.61 Å². The fourth-order valence-electron chi connectivity index (χ4n) is 2.61. The van der Waals surface area contributed by atoms with Gasteiger partial charge < -0.3 is 10.1 Å². The number of ether oxygens (including phenoxy) is 1. The Hall–Kier alpha value is -1.88. The number of nitrogens with one attached hydrogen (secondary N) is 2. The zero-order chi connectivity index (χ0) is 15.3. The van der Waals surface area contributed by atoms with Crippen molar-refractivity contribution in [2.24, 2.45) is 0 Å². The van der Waals surface area contributed by atoms with E-state index in [4.69, 9.17) is 4.74 Å². The lowest BCUT2D eigenvalue weighted by Gasteiger charge is -2.26. The molecule has 0 aromatic heterocycles. The van der Waals surface area contributed by atoms with Crippen molar-refractivity contribution < 1.29 is 14.3 Å². The van der Waals surface area contributed by atoms with Gasteiger partial charge in [-0.25, -0.2) is 4.79 Å². The quantitative estimate of drug-likeness (QED) is 0.635. The first-order valence-electron chi connectivity index (χ1n) is 7.35. The topological polar surface area (TPSA) is 67.4 Å². The van der Waals surface area contributed by atoms with Crippen LogP contribution in [0, 0.1) is 0 Å². The van der Waals surface area contributed by atoms with Crippen molar-refractivity contribution in [2.45, 2.75) is 44.8 Å². The molecule has 1 aromatic rings. The summed E-state index contributed by atoms with van der Waals surface area (Å²) >= 11 is 0. The number of rotatable bonds is 5. The fraction of sp³-hybridized carbons (Fsp3) is 0.500. The van der Waals surface area contributed by atoms with Crippen LogP contribution in [0.3, 0.4) is 0 Å². The molecule has 0 radical (unpaired) electrons. The summed E-state index contributed by atoms with van der Waals surface area (Å²) in [5.74, 6) is -0.797. The molecule has 21 heavy (non-hydrogen) atoms. The third kappa shape index (κ3) is 3.42. The van der Waals surface area contributed by atoms with E-state index >= 15 is 0 Å². The predicted octanol–water partition coefficient (Wildman–Crippen LogP) is 1.38. The largest absolute Gasteiger partial charge is 0.464 e. The Labute approximate surface area is 125 Å². The van der Waals surface area contributed by atoms with E-state index in [9.17, 15) is 9.59 Å². The molecule has 114 valence electrons. The van der Waals surface area contributed by atoms with Crippen LogP contribution in [0.5, 0.6) is 0 Å². The average molecular weight is 290 g/mol. The fourth-order valence-corrected chi connectivity index (χ4v) is 2.61. The minimum Gasteiger partial charge on any atom is -0.464 e. The molecule has 5 nitrogen and oxygen atoms in total. The molecule has 1 aliphatic rings. The standard InChI is InChI=1S/C16H22N2O3/c1-3-21-15(20)16(10-9-12(2)18-16)14(19)17-11-13-7-5-4-6-8-13/h4-8,12,18H,3,9-11H2,1-2H3,(H,17,19). The summed E-state index contributed by atoms with van der Waals surface area (Å²) in [6, 6.07) is 9.74. The number of esters is 1. The molecule has 0 spiro atoms. The Morgan fingerprint density at radius 1 is 1.38 bits per heavy atom. The zero-order valence-corrected chi connectivity index (χ0v) is 12.5. The molecule has 2 atom stereocenters. The van der Waals surface area contributed by atoms with Gasteiger partial charge in [-0.15, -0.1) is 0 Å². The molecule has 2 unspecified atom stereocenters. The summed E-state index contributed by atoms with van der Waals surface area (Å²) in [4.78, 5) is 24.7. The van der Waals surface area contributed by atoms with Crippen LogP contribution in [0.15, 0.2) is 30.3 Å². The molecule has 5 heteroatoms.